The number of hydrogen-bond acceptors (Lipinski definition) is 1. The Bertz CT molecular complexity index is 238. The van der Waals surface area contributed by atoms with Crippen LogP contribution in [0.4, 0.5) is 0 Å². The van der Waals surface area contributed by atoms with E-state index in [4.69, 9.17) is 5.11 Å². The van der Waals surface area contributed by atoms with E-state index in [0.29, 0.717) is 5.92 Å². The van der Waals surface area contributed by atoms with Crippen LogP contribution in [0.3, 0.4) is 0 Å². The Hall–Kier alpha value is -0.820. The highest BCUT2D eigenvalue weighted by Gasteiger charge is 2.01. The van der Waals surface area contributed by atoms with E-state index in [1.807, 2.05) is 0 Å². The first-order chi connectivity index (χ1) is 6.27. The quantitative estimate of drug-likeness (QED) is 0.751. The molecule has 0 radical (unpaired) electrons. The first kappa shape index (κ1) is 10.3. The standard InChI is InChI=1S/C12H18O/c1-3-10(2)12-6-4-11(5-7-12)8-9-13/h4-7,10,13H,3,8-9H2,1-2H3/t10-/m1/s1. The van der Waals surface area contributed by atoms with Crippen molar-refractivity contribution in [3.8, 4) is 0 Å². The van der Waals surface area contributed by atoms with Gasteiger partial charge >= 0.3 is 0 Å². The molecule has 0 unspecified atom stereocenters. The summed E-state index contributed by atoms with van der Waals surface area (Å²) in [5.41, 5.74) is 2.61. The van der Waals surface area contributed by atoms with Crippen LogP contribution in [0.2, 0.25) is 0 Å². The van der Waals surface area contributed by atoms with E-state index in [2.05, 4.69) is 38.1 Å². The Balaban J connectivity index is 2.69. The summed E-state index contributed by atoms with van der Waals surface area (Å²) in [6.07, 6.45) is 1.94. The van der Waals surface area contributed by atoms with Gasteiger partial charge in [0.25, 0.3) is 0 Å². The Labute approximate surface area is 80.4 Å². The molecule has 1 nitrogen and oxygen atoms in total. The third-order valence-electron chi connectivity index (χ3n) is 2.56. The van der Waals surface area contributed by atoms with E-state index in [1.54, 1.807) is 0 Å². The highest BCUT2D eigenvalue weighted by Crippen LogP contribution is 2.18. The zero-order chi connectivity index (χ0) is 9.68. The molecule has 1 atom stereocenters. The summed E-state index contributed by atoms with van der Waals surface area (Å²) >= 11 is 0. The van der Waals surface area contributed by atoms with Gasteiger partial charge in [-0.2, -0.15) is 0 Å². The molecular formula is C12H18O. The van der Waals surface area contributed by atoms with Crippen molar-refractivity contribution in [2.24, 2.45) is 0 Å². The highest BCUT2D eigenvalue weighted by molar-refractivity contribution is 5.25. The zero-order valence-electron chi connectivity index (χ0n) is 8.46. The summed E-state index contributed by atoms with van der Waals surface area (Å²) in [5.74, 6) is 0.642. The number of aliphatic hydroxyl groups excluding tert-OH is 1. The van der Waals surface area contributed by atoms with Gasteiger partial charge in [-0.05, 0) is 29.9 Å². The fourth-order valence-corrected chi connectivity index (χ4v) is 1.38. The Morgan fingerprint density at radius 1 is 1.23 bits per heavy atom. The molecule has 0 spiro atoms. The summed E-state index contributed by atoms with van der Waals surface area (Å²) in [6.45, 7) is 4.68. The van der Waals surface area contributed by atoms with Gasteiger partial charge in [0.1, 0.15) is 0 Å². The van der Waals surface area contributed by atoms with Crippen molar-refractivity contribution in [1.82, 2.24) is 0 Å². The van der Waals surface area contributed by atoms with E-state index >= 15 is 0 Å². The van der Waals surface area contributed by atoms with Gasteiger partial charge in [-0.3, -0.25) is 0 Å². The summed E-state index contributed by atoms with van der Waals surface area (Å²) < 4.78 is 0. The lowest BCUT2D eigenvalue weighted by molar-refractivity contribution is 0.299. The van der Waals surface area contributed by atoms with Crippen LogP contribution < -0.4 is 0 Å². The van der Waals surface area contributed by atoms with Crippen molar-refractivity contribution in [3.63, 3.8) is 0 Å². The van der Waals surface area contributed by atoms with Crippen molar-refractivity contribution < 1.29 is 5.11 Å². The number of rotatable bonds is 4. The first-order valence-corrected chi connectivity index (χ1v) is 4.97. The lowest BCUT2D eigenvalue weighted by Crippen LogP contribution is -1.94. The number of aliphatic hydroxyl groups is 1. The minimum absolute atomic E-state index is 0.239. The summed E-state index contributed by atoms with van der Waals surface area (Å²) in [5, 5.41) is 8.74. The van der Waals surface area contributed by atoms with Gasteiger partial charge in [0.15, 0.2) is 0 Å². The molecule has 13 heavy (non-hydrogen) atoms. The molecule has 1 aromatic carbocycles. The molecule has 0 saturated heterocycles. The van der Waals surface area contributed by atoms with Crippen molar-refractivity contribution in [3.05, 3.63) is 35.4 Å². The van der Waals surface area contributed by atoms with Crippen LogP contribution in [0.15, 0.2) is 24.3 Å². The van der Waals surface area contributed by atoms with E-state index in [0.717, 1.165) is 6.42 Å². The predicted molar refractivity (Wildman–Crippen MR) is 55.9 cm³/mol. The van der Waals surface area contributed by atoms with Crippen LogP contribution in [0, 0.1) is 0 Å². The zero-order valence-corrected chi connectivity index (χ0v) is 8.46. The molecule has 1 heteroatoms. The molecule has 0 heterocycles. The van der Waals surface area contributed by atoms with Crippen LogP contribution in [0.1, 0.15) is 37.3 Å². The monoisotopic (exact) mass is 178 g/mol. The van der Waals surface area contributed by atoms with E-state index in [-0.39, 0.29) is 6.61 Å². The second-order valence-corrected chi connectivity index (χ2v) is 3.52. The molecular weight excluding hydrogens is 160 g/mol. The fraction of sp³-hybridized carbons (Fsp3) is 0.500. The minimum atomic E-state index is 0.239. The molecule has 1 rings (SSSR count). The Kier molecular flexibility index (Phi) is 3.97. The maximum Gasteiger partial charge on any atom is 0.0471 e. The van der Waals surface area contributed by atoms with E-state index in [9.17, 15) is 0 Å². The average molecular weight is 178 g/mol. The predicted octanol–water partition coefficient (Wildman–Crippen LogP) is 2.73. The molecule has 0 aliphatic heterocycles. The van der Waals surface area contributed by atoms with E-state index < -0.39 is 0 Å². The average Bonchev–Trinajstić information content (AvgIpc) is 2.18. The Morgan fingerprint density at radius 2 is 1.85 bits per heavy atom. The number of benzene rings is 1. The number of hydrogen-bond donors (Lipinski definition) is 1. The van der Waals surface area contributed by atoms with Gasteiger partial charge in [-0.15, -0.1) is 0 Å². The van der Waals surface area contributed by atoms with E-state index in [1.165, 1.54) is 17.5 Å². The largest absolute Gasteiger partial charge is 0.396 e. The fourth-order valence-electron chi connectivity index (χ4n) is 1.38. The van der Waals surface area contributed by atoms with Crippen LogP contribution in [0.5, 0.6) is 0 Å². The third-order valence-corrected chi connectivity index (χ3v) is 2.56. The van der Waals surface area contributed by atoms with Gasteiger partial charge in [-0.25, -0.2) is 0 Å². The normalized spacial score (nSPS) is 12.8. The van der Waals surface area contributed by atoms with Gasteiger partial charge < -0.3 is 5.11 Å². The molecule has 0 aliphatic carbocycles. The molecule has 0 aromatic heterocycles. The second-order valence-electron chi connectivity index (χ2n) is 3.52. The maximum atomic E-state index is 8.74. The smallest absolute Gasteiger partial charge is 0.0471 e. The van der Waals surface area contributed by atoms with Crippen LogP contribution in [0.25, 0.3) is 0 Å². The summed E-state index contributed by atoms with van der Waals surface area (Å²) in [6, 6.07) is 8.55. The van der Waals surface area contributed by atoms with Gasteiger partial charge in [0.2, 0.25) is 0 Å². The molecule has 0 amide bonds. The van der Waals surface area contributed by atoms with Crippen LogP contribution in [-0.2, 0) is 6.42 Å². The Morgan fingerprint density at radius 3 is 2.31 bits per heavy atom. The highest BCUT2D eigenvalue weighted by atomic mass is 16.2. The molecule has 72 valence electrons. The molecule has 0 bridgehead atoms. The third kappa shape index (κ3) is 2.85. The topological polar surface area (TPSA) is 20.2 Å². The SMILES string of the molecule is CC[C@@H](C)c1ccc(CCO)cc1. The molecule has 1 aromatic rings. The van der Waals surface area contributed by atoms with Crippen molar-refractivity contribution in [2.45, 2.75) is 32.6 Å². The lowest BCUT2D eigenvalue weighted by Gasteiger charge is -2.09. The maximum absolute atomic E-state index is 8.74. The first-order valence-electron chi connectivity index (χ1n) is 4.97. The molecule has 0 aliphatic rings. The molecule has 1 N–H and O–H groups in total. The van der Waals surface area contributed by atoms with Crippen LogP contribution in [-0.4, -0.2) is 11.7 Å². The minimum Gasteiger partial charge on any atom is -0.396 e. The molecule has 0 saturated carbocycles. The molecule has 0 fully saturated rings. The van der Waals surface area contributed by atoms with Crippen molar-refractivity contribution in [1.29, 1.82) is 0 Å². The summed E-state index contributed by atoms with van der Waals surface area (Å²) in [7, 11) is 0. The van der Waals surface area contributed by atoms with Crippen molar-refractivity contribution >= 4 is 0 Å². The van der Waals surface area contributed by atoms with Gasteiger partial charge in [0.05, 0.1) is 0 Å². The van der Waals surface area contributed by atoms with Crippen molar-refractivity contribution in [2.75, 3.05) is 6.61 Å². The van der Waals surface area contributed by atoms with Gasteiger partial charge in [0, 0.05) is 6.61 Å². The van der Waals surface area contributed by atoms with Gasteiger partial charge in [-0.1, -0.05) is 38.1 Å². The lowest BCUT2D eigenvalue weighted by atomic mass is 9.97. The van der Waals surface area contributed by atoms with Crippen LogP contribution >= 0.6 is 0 Å². The summed E-state index contributed by atoms with van der Waals surface area (Å²) in [4.78, 5) is 0. The second kappa shape index (κ2) is 5.03.